The van der Waals surface area contributed by atoms with Crippen LogP contribution in [0.2, 0.25) is 5.02 Å². The summed E-state index contributed by atoms with van der Waals surface area (Å²) >= 11 is 5.93. The summed E-state index contributed by atoms with van der Waals surface area (Å²) in [6.07, 6.45) is 2.59. The molecule has 0 aliphatic carbocycles. The summed E-state index contributed by atoms with van der Waals surface area (Å²) < 4.78 is 79.8. The van der Waals surface area contributed by atoms with Crippen molar-refractivity contribution in [1.29, 1.82) is 0 Å². The highest BCUT2D eigenvalue weighted by atomic mass is 35.5. The van der Waals surface area contributed by atoms with Crippen LogP contribution in [0.3, 0.4) is 0 Å². The van der Waals surface area contributed by atoms with E-state index in [1.165, 1.54) is 67.1 Å². The maximum atomic E-state index is 13.9. The van der Waals surface area contributed by atoms with Crippen molar-refractivity contribution in [3.05, 3.63) is 71.5 Å². The molecular formula is C27H29ClFN3O7S2. The third-order valence-electron chi connectivity index (χ3n) is 6.51. The number of anilines is 2. The van der Waals surface area contributed by atoms with Crippen molar-refractivity contribution >= 4 is 48.9 Å². The van der Waals surface area contributed by atoms with Crippen LogP contribution in [-0.2, 0) is 24.8 Å². The minimum atomic E-state index is -4.40. The van der Waals surface area contributed by atoms with Crippen LogP contribution < -0.4 is 19.1 Å². The van der Waals surface area contributed by atoms with E-state index in [1.54, 1.807) is 0 Å². The first kappa shape index (κ1) is 30.6. The molecule has 1 aliphatic heterocycles. The highest BCUT2D eigenvalue weighted by molar-refractivity contribution is 7.92. The summed E-state index contributed by atoms with van der Waals surface area (Å²) in [5.41, 5.74) is 0.206. The van der Waals surface area contributed by atoms with Crippen LogP contribution in [0, 0.1) is 5.82 Å². The molecule has 14 heteroatoms. The van der Waals surface area contributed by atoms with Crippen LogP contribution >= 0.6 is 11.6 Å². The van der Waals surface area contributed by atoms with Crippen molar-refractivity contribution in [2.75, 3.05) is 43.5 Å². The maximum absolute atomic E-state index is 13.9. The monoisotopic (exact) mass is 625 g/mol. The fraction of sp³-hybridized carbons (Fsp3) is 0.296. The van der Waals surface area contributed by atoms with Crippen molar-refractivity contribution in [3.8, 4) is 11.5 Å². The summed E-state index contributed by atoms with van der Waals surface area (Å²) in [4.78, 5) is 13.0. The molecule has 0 spiro atoms. The van der Waals surface area contributed by atoms with Gasteiger partial charge in [0.15, 0.2) is 11.5 Å². The molecule has 0 unspecified atom stereocenters. The number of carbonyl (C=O) groups excluding carboxylic acids is 1. The Morgan fingerprint density at radius 2 is 1.54 bits per heavy atom. The van der Waals surface area contributed by atoms with Crippen molar-refractivity contribution in [2.24, 2.45) is 0 Å². The Morgan fingerprint density at radius 1 is 0.902 bits per heavy atom. The number of amides is 1. The van der Waals surface area contributed by atoms with Crippen LogP contribution in [0.5, 0.6) is 11.5 Å². The second-order valence-corrected chi connectivity index (χ2v) is 13.4. The van der Waals surface area contributed by atoms with E-state index in [4.69, 9.17) is 21.1 Å². The van der Waals surface area contributed by atoms with Gasteiger partial charge in [-0.05, 0) is 67.4 Å². The summed E-state index contributed by atoms with van der Waals surface area (Å²) in [6.45, 7) is 0.212. The molecule has 1 saturated heterocycles. The summed E-state index contributed by atoms with van der Waals surface area (Å²) in [6, 6.07) is 12.8. The molecule has 1 fully saturated rings. The predicted octanol–water partition coefficient (Wildman–Crippen LogP) is 4.50. The molecule has 0 bridgehead atoms. The molecule has 0 aromatic heterocycles. The van der Waals surface area contributed by atoms with Gasteiger partial charge < -0.3 is 14.8 Å². The molecular weight excluding hydrogens is 597 g/mol. The molecule has 41 heavy (non-hydrogen) atoms. The predicted molar refractivity (Wildman–Crippen MR) is 153 cm³/mol. The van der Waals surface area contributed by atoms with Gasteiger partial charge in [0.1, 0.15) is 12.4 Å². The lowest BCUT2D eigenvalue weighted by molar-refractivity contribution is -0.114. The van der Waals surface area contributed by atoms with E-state index in [0.29, 0.717) is 18.8 Å². The van der Waals surface area contributed by atoms with Gasteiger partial charge in [-0.15, -0.1) is 0 Å². The number of benzene rings is 3. The molecule has 220 valence electrons. The second kappa shape index (κ2) is 12.6. The van der Waals surface area contributed by atoms with E-state index >= 15 is 0 Å². The Bertz CT molecular complexity index is 1630. The SMILES string of the molecule is COc1ccc(S(=O)(=O)N(CC(=O)Nc2ccc(S(=O)(=O)N3CCCCC3)cc2)c2ccc(F)c(Cl)c2)cc1OC. The van der Waals surface area contributed by atoms with Gasteiger partial charge in [0.25, 0.3) is 10.0 Å². The number of nitrogens with zero attached hydrogens (tertiary/aromatic N) is 2. The van der Waals surface area contributed by atoms with Crippen molar-refractivity contribution in [3.63, 3.8) is 0 Å². The van der Waals surface area contributed by atoms with E-state index < -0.39 is 38.3 Å². The van der Waals surface area contributed by atoms with Crippen LogP contribution in [0.15, 0.2) is 70.5 Å². The first-order valence-corrected chi connectivity index (χ1v) is 15.8. The Kier molecular flexibility index (Phi) is 9.42. The highest BCUT2D eigenvalue weighted by Crippen LogP contribution is 2.33. The number of methoxy groups -OCH3 is 2. The molecule has 4 rings (SSSR count). The fourth-order valence-electron chi connectivity index (χ4n) is 4.35. The molecule has 1 heterocycles. The van der Waals surface area contributed by atoms with Gasteiger partial charge in [0.2, 0.25) is 15.9 Å². The molecule has 3 aromatic carbocycles. The zero-order valence-corrected chi connectivity index (χ0v) is 24.7. The van der Waals surface area contributed by atoms with Gasteiger partial charge in [-0.25, -0.2) is 21.2 Å². The molecule has 1 amide bonds. The highest BCUT2D eigenvalue weighted by Gasteiger charge is 2.30. The number of carbonyl (C=O) groups is 1. The number of piperidine rings is 1. The average Bonchev–Trinajstić information content (AvgIpc) is 2.97. The van der Waals surface area contributed by atoms with Crippen LogP contribution in [-0.4, -0.2) is 60.9 Å². The zero-order valence-electron chi connectivity index (χ0n) is 22.3. The molecule has 1 aliphatic rings. The smallest absolute Gasteiger partial charge is 0.264 e. The Balaban J connectivity index is 1.60. The minimum absolute atomic E-state index is 0.0516. The topological polar surface area (TPSA) is 122 Å². The first-order chi connectivity index (χ1) is 19.5. The van der Waals surface area contributed by atoms with Crippen molar-refractivity contribution in [1.82, 2.24) is 4.31 Å². The first-order valence-electron chi connectivity index (χ1n) is 12.6. The summed E-state index contributed by atoms with van der Waals surface area (Å²) in [5.74, 6) is -1.05. The number of rotatable bonds is 10. The third-order valence-corrected chi connectivity index (χ3v) is 10.5. The standard InChI is InChI=1S/C27H29ClFN3O7S2/c1-38-25-13-11-22(17-26(25)39-2)41(36,37)32(20-8-12-24(29)23(28)16-20)18-27(33)30-19-6-9-21(10-7-19)40(34,35)31-14-4-3-5-15-31/h6-13,16-17H,3-5,14-15,18H2,1-2H3,(H,30,33). The Labute approximate surface area is 243 Å². The normalized spacial score (nSPS) is 14.3. The molecule has 0 atom stereocenters. The molecule has 0 saturated carbocycles. The summed E-state index contributed by atoms with van der Waals surface area (Å²) in [5, 5.41) is 2.25. The minimum Gasteiger partial charge on any atom is -0.493 e. The van der Waals surface area contributed by atoms with Gasteiger partial charge >= 0.3 is 0 Å². The molecule has 10 nitrogen and oxygen atoms in total. The lowest BCUT2D eigenvalue weighted by Crippen LogP contribution is -2.38. The van der Waals surface area contributed by atoms with Gasteiger partial charge in [0, 0.05) is 24.8 Å². The van der Waals surface area contributed by atoms with Gasteiger partial charge in [-0.1, -0.05) is 18.0 Å². The fourth-order valence-corrected chi connectivity index (χ4v) is 7.48. The lowest BCUT2D eigenvalue weighted by atomic mass is 10.2. The number of halogens is 2. The van der Waals surface area contributed by atoms with Crippen LogP contribution in [0.4, 0.5) is 15.8 Å². The molecule has 1 N–H and O–H groups in total. The largest absolute Gasteiger partial charge is 0.493 e. The Morgan fingerprint density at radius 3 is 2.15 bits per heavy atom. The van der Waals surface area contributed by atoms with E-state index in [0.717, 1.165) is 35.7 Å². The number of hydrogen-bond donors (Lipinski definition) is 1. The average molecular weight is 626 g/mol. The quantitative estimate of drug-likeness (QED) is 0.352. The number of ether oxygens (including phenoxy) is 2. The maximum Gasteiger partial charge on any atom is 0.264 e. The van der Waals surface area contributed by atoms with E-state index in [-0.39, 0.29) is 31.9 Å². The van der Waals surface area contributed by atoms with Crippen molar-refractivity contribution < 1.29 is 35.5 Å². The van der Waals surface area contributed by atoms with Gasteiger partial charge in [-0.3, -0.25) is 9.10 Å². The van der Waals surface area contributed by atoms with Crippen LogP contribution in [0.25, 0.3) is 0 Å². The van der Waals surface area contributed by atoms with Gasteiger partial charge in [-0.2, -0.15) is 4.31 Å². The second-order valence-electron chi connectivity index (χ2n) is 9.16. The van der Waals surface area contributed by atoms with E-state index in [9.17, 15) is 26.0 Å². The number of nitrogens with one attached hydrogen (secondary N) is 1. The van der Waals surface area contributed by atoms with Gasteiger partial charge in [0.05, 0.1) is 34.7 Å². The summed E-state index contributed by atoms with van der Waals surface area (Å²) in [7, 11) is -5.31. The zero-order chi connectivity index (χ0) is 29.8. The van der Waals surface area contributed by atoms with E-state index in [2.05, 4.69) is 5.32 Å². The molecule has 3 aromatic rings. The van der Waals surface area contributed by atoms with Crippen molar-refractivity contribution in [2.45, 2.75) is 29.1 Å². The number of sulfonamides is 2. The van der Waals surface area contributed by atoms with E-state index in [1.807, 2.05) is 0 Å². The van der Waals surface area contributed by atoms with Crippen LogP contribution in [0.1, 0.15) is 19.3 Å². The third kappa shape index (κ3) is 6.75. The Hall–Kier alpha value is -3.39. The molecule has 0 radical (unpaired) electrons. The number of hydrogen-bond acceptors (Lipinski definition) is 7. The lowest BCUT2D eigenvalue weighted by Gasteiger charge is -2.26.